The van der Waals surface area contributed by atoms with Gasteiger partial charge >= 0.3 is 0 Å². The predicted octanol–water partition coefficient (Wildman–Crippen LogP) is 5.12. The lowest BCUT2D eigenvalue weighted by molar-refractivity contribution is -0.119. The average Bonchev–Trinajstić information content (AvgIpc) is 3.53. The summed E-state index contributed by atoms with van der Waals surface area (Å²) < 4.78 is 5.57. The maximum Gasteiger partial charge on any atom is 0.253 e. The lowest BCUT2D eigenvalue weighted by Gasteiger charge is -2.38. The molecule has 1 saturated carbocycles. The summed E-state index contributed by atoms with van der Waals surface area (Å²) in [6.07, 6.45) is 4.85. The zero-order valence-corrected chi connectivity index (χ0v) is 22.7. The minimum atomic E-state index is -0.120. The third kappa shape index (κ3) is 6.53. The molecule has 5 rings (SSSR count). The summed E-state index contributed by atoms with van der Waals surface area (Å²) in [7, 11) is 1.70. The molecule has 2 amide bonds. The number of amides is 2. The van der Waals surface area contributed by atoms with E-state index in [4.69, 9.17) is 4.74 Å². The van der Waals surface area contributed by atoms with E-state index >= 15 is 0 Å². The summed E-state index contributed by atoms with van der Waals surface area (Å²) in [6, 6.07) is 24.0. The lowest BCUT2D eigenvalue weighted by atomic mass is 10.1. The fourth-order valence-corrected chi connectivity index (χ4v) is 5.64. The number of ether oxygens (including phenoxy) is 1. The summed E-state index contributed by atoms with van der Waals surface area (Å²) in [5, 5.41) is 6.18. The van der Waals surface area contributed by atoms with E-state index in [1.807, 2.05) is 54.6 Å². The Kier molecular flexibility index (Phi) is 8.66. The van der Waals surface area contributed by atoms with Crippen molar-refractivity contribution >= 4 is 28.9 Å². The second kappa shape index (κ2) is 12.7. The first-order chi connectivity index (χ1) is 19.1. The van der Waals surface area contributed by atoms with Gasteiger partial charge < -0.3 is 25.2 Å². The molecule has 39 heavy (non-hydrogen) atoms. The summed E-state index contributed by atoms with van der Waals surface area (Å²) in [6.45, 7) is 3.72. The number of nitrogens with one attached hydrogen (secondary N) is 2. The fourth-order valence-electron chi connectivity index (χ4n) is 5.64. The van der Waals surface area contributed by atoms with E-state index in [-0.39, 0.29) is 17.7 Å². The minimum absolute atomic E-state index is 0.0566. The number of carbonyl (C=O) groups excluding carboxylic acids is 2. The standard InChI is InChI=1S/C32H38N4O3/c1-39-30-14-8-7-13-29(30)36-21-19-35(20-22-36)28-16-15-26(34-31(37)25-11-5-6-12-25)23-27(28)32(38)33-18-17-24-9-3-2-4-10-24/h2-4,7-10,13-16,23,25H,5-6,11-12,17-22H2,1H3,(H,33,38)(H,34,37). The molecule has 7 nitrogen and oxygen atoms in total. The van der Waals surface area contributed by atoms with Crippen LogP contribution >= 0.6 is 0 Å². The van der Waals surface area contributed by atoms with Crippen molar-refractivity contribution in [2.45, 2.75) is 32.1 Å². The van der Waals surface area contributed by atoms with E-state index in [1.54, 1.807) is 7.11 Å². The first-order valence-corrected chi connectivity index (χ1v) is 14.0. The molecular weight excluding hydrogens is 488 g/mol. The van der Waals surface area contributed by atoms with E-state index < -0.39 is 0 Å². The molecule has 0 atom stereocenters. The topological polar surface area (TPSA) is 73.9 Å². The Morgan fingerprint density at radius 3 is 2.23 bits per heavy atom. The van der Waals surface area contributed by atoms with Crippen molar-refractivity contribution in [2.24, 2.45) is 5.92 Å². The van der Waals surface area contributed by atoms with Crippen LogP contribution in [0.2, 0.25) is 0 Å². The number of nitrogens with zero attached hydrogens (tertiary/aromatic N) is 2. The Morgan fingerprint density at radius 2 is 1.51 bits per heavy atom. The average molecular weight is 527 g/mol. The zero-order chi connectivity index (χ0) is 27.0. The summed E-state index contributed by atoms with van der Waals surface area (Å²) >= 11 is 0. The first-order valence-electron chi connectivity index (χ1n) is 14.0. The second-order valence-corrected chi connectivity index (χ2v) is 10.3. The molecule has 0 bridgehead atoms. The smallest absolute Gasteiger partial charge is 0.253 e. The number of hydrogen-bond donors (Lipinski definition) is 2. The number of carbonyl (C=O) groups is 2. The minimum Gasteiger partial charge on any atom is -0.495 e. The van der Waals surface area contributed by atoms with Gasteiger partial charge in [0.2, 0.25) is 5.91 Å². The molecule has 7 heteroatoms. The van der Waals surface area contributed by atoms with Crippen LogP contribution in [0.3, 0.4) is 0 Å². The second-order valence-electron chi connectivity index (χ2n) is 10.3. The molecule has 204 valence electrons. The molecule has 2 N–H and O–H groups in total. The third-order valence-electron chi connectivity index (χ3n) is 7.82. The monoisotopic (exact) mass is 526 g/mol. The van der Waals surface area contributed by atoms with Crippen LogP contribution < -0.4 is 25.2 Å². The molecule has 0 unspecified atom stereocenters. The van der Waals surface area contributed by atoms with Crippen LogP contribution in [0.5, 0.6) is 5.75 Å². The van der Waals surface area contributed by atoms with Crippen LogP contribution in [0.4, 0.5) is 17.1 Å². The zero-order valence-electron chi connectivity index (χ0n) is 22.7. The highest BCUT2D eigenvalue weighted by atomic mass is 16.5. The fraction of sp³-hybridized carbons (Fsp3) is 0.375. The largest absolute Gasteiger partial charge is 0.495 e. The van der Waals surface area contributed by atoms with Gasteiger partial charge in [-0.05, 0) is 55.2 Å². The van der Waals surface area contributed by atoms with E-state index in [2.05, 4.69) is 38.6 Å². The molecular formula is C32H38N4O3. The lowest BCUT2D eigenvalue weighted by Crippen LogP contribution is -2.47. The van der Waals surface area contributed by atoms with Crippen molar-refractivity contribution in [3.05, 3.63) is 83.9 Å². The summed E-state index contributed by atoms with van der Waals surface area (Å²) in [5.41, 5.74) is 4.44. The third-order valence-corrected chi connectivity index (χ3v) is 7.82. The van der Waals surface area contributed by atoms with Gasteiger partial charge in [0.15, 0.2) is 0 Å². The molecule has 3 aromatic carbocycles. The molecule has 0 aromatic heterocycles. The van der Waals surface area contributed by atoms with Crippen molar-refractivity contribution in [3.8, 4) is 5.75 Å². The quantitative estimate of drug-likeness (QED) is 0.405. The molecule has 1 saturated heterocycles. The summed E-state index contributed by atoms with van der Waals surface area (Å²) in [4.78, 5) is 30.9. The number of para-hydroxylation sites is 2. The molecule has 0 spiro atoms. The Balaban J connectivity index is 1.31. The molecule has 2 aliphatic rings. The number of piperazine rings is 1. The van der Waals surface area contributed by atoms with Crippen LogP contribution in [-0.4, -0.2) is 51.6 Å². The maximum absolute atomic E-state index is 13.5. The van der Waals surface area contributed by atoms with Gasteiger partial charge in [-0.15, -0.1) is 0 Å². The van der Waals surface area contributed by atoms with Crippen molar-refractivity contribution in [1.82, 2.24) is 5.32 Å². The molecule has 1 heterocycles. The maximum atomic E-state index is 13.5. The van der Waals surface area contributed by atoms with Gasteiger partial charge in [0.05, 0.1) is 18.4 Å². The number of benzene rings is 3. The van der Waals surface area contributed by atoms with Crippen LogP contribution in [0, 0.1) is 5.92 Å². The van der Waals surface area contributed by atoms with E-state index in [0.29, 0.717) is 17.8 Å². The SMILES string of the molecule is COc1ccccc1N1CCN(c2ccc(NC(=O)C3CCCC3)cc2C(=O)NCCc2ccccc2)CC1. The molecule has 2 fully saturated rings. The van der Waals surface area contributed by atoms with E-state index in [1.165, 1.54) is 5.56 Å². The highest BCUT2D eigenvalue weighted by Crippen LogP contribution is 2.32. The highest BCUT2D eigenvalue weighted by Gasteiger charge is 2.25. The number of anilines is 3. The normalized spacial score (nSPS) is 15.7. The first kappa shape index (κ1) is 26.6. The van der Waals surface area contributed by atoms with Crippen molar-refractivity contribution in [2.75, 3.05) is 55.0 Å². The van der Waals surface area contributed by atoms with Gasteiger partial charge in [0, 0.05) is 50.0 Å². The van der Waals surface area contributed by atoms with E-state index in [9.17, 15) is 9.59 Å². The Bertz CT molecular complexity index is 1270. The van der Waals surface area contributed by atoms with Crippen molar-refractivity contribution in [3.63, 3.8) is 0 Å². The van der Waals surface area contributed by atoms with Gasteiger partial charge in [-0.25, -0.2) is 0 Å². The van der Waals surface area contributed by atoms with Crippen LogP contribution in [-0.2, 0) is 11.2 Å². The van der Waals surface area contributed by atoms with Gasteiger partial charge in [-0.3, -0.25) is 9.59 Å². The summed E-state index contributed by atoms with van der Waals surface area (Å²) in [5.74, 6) is 0.869. The molecule has 1 aliphatic carbocycles. The van der Waals surface area contributed by atoms with Gasteiger partial charge in [0.25, 0.3) is 5.91 Å². The van der Waals surface area contributed by atoms with Crippen LogP contribution in [0.25, 0.3) is 0 Å². The van der Waals surface area contributed by atoms with Crippen molar-refractivity contribution in [1.29, 1.82) is 0 Å². The number of methoxy groups -OCH3 is 1. The Hall–Kier alpha value is -4.00. The number of rotatable bonds is 9. The predicted molar refractivity (Wildman–Crippen MR) is 157 cm³/mol. The van der Waals surface area contributed by atoms with Gasteiger partial charge in [0.1, 0.15) is 5.75 Å². The van der Waals surface area contributed by atoms with E-state index in [0.717, 1.165) is 75.4 Å². The molecule has 1 aliphatic heterocycles. The van der Waals surface area contributed by atoms with Crippen LogP contribution in [0.1, 0.15) is 41.6 Å². The molecule has 3 aromatic rings. The van der Waals surface area contributed by atoms with Crippen molar-refractivity contribution < 1.29 is 14.3 Å². The molecule has 0 radical (unpaired) electrons. The Labute approximate surface area is 231 Å². The highest BCUT2D eigenvalue weighted by molar-refractivity contribution is 6.02. The number of hydrogen-bond acceptors (Lipinski definition) is 5. The van der Waals surface area contributed by atoms with Gasteiger partial charge in [-0.2, -0.15) is 0 Å². The van der Waals surface area contributed by atoms with Gasteiger partial charge in [-0.1, -0.05) is 55.3 Å². The van der Waals surface area contributed by atoms with Crippen LogP contribution in [0.15, 0.2) is 72.8 Å². The Morgan fingerprint density at radius 1 is 0.846 bits per heavy atom.